The van der Waals surface area contributed by atoms with Crippen LogP contribution in [-0.2, 0) is 25.7 Å². The van der Waals surface area contributed by atoms with Crippen molar-refractivity contribution in [3.8, 4) is 50.4 Å². The first-order valence-corrected chi connectivity index (χ1v) is 27.5. The summed E-state index contributed by atoms with van der Waals surface area (Å²) in [7, 11) is 0. The van der Waals surface area contributed by atoms with E-state index in [1.807, 2.05) is 0 Å². The van der Waals surface area contributed by atoms with Crippen LogP contribution in [0.3, 0.4) is 0 Å². The van der Waals surface area contributed by atoms with Crippen molar-refractivity contribution < 1.29 is 0 Å². The van der Waals surface area contributed by atoms with Gasteiger partial charge in [-0.05, 0) is 186 Å². The fourth-order valence-electron chi connectivity index (χ4n) is 12.4. The van der Waals surface area contributed by atoms with Crippen LogP contribution in [0.1, 0.15) is 69.7 Å². The van der Waals surface area contributed by atoms with Gasteiger partial charge in [-0.2, -0.15) is 0 Å². The average molecular weight is 990 g/mol. The van der Waals surface area contributed by atoms with Crippen molar-refractivity contribution >= 4 is 50.9 Å². The van der Waals surface area contributed by atoms with Gasteiger partial charge in [-0.15, -0.1) is 0 Å². The summed E-state index contributed by atoms with van der Waals surface area (Å²) in [6.45, 7) is 2.14. The highest BCUT2D eigenvalue weighted by Crippen LogP contribution is 2.40. The minimum absolute atomic E-state index is 0.895. The van der Waals surface area contributed by atoms with Crippen LogP contribution in [0.15, 0.2) is 237 Å². The molecule has 0 radical (unpaired) electrons. The van der Waals surface area contributed by atoms with E-state index in [1.54, 1.807) is 0 Å². The Morgan fingerprint density at radius 3 is 0.948 bits per heavy atom. The van der Waals surface area contributed by atoms with Crippen LogP contribution < -0.4 is 0 Å². The Morgan fingerprint density at radius 2 is 0.623 bits per heavy atom. The molecule has 3 heteroatoms. The van der Waals surface area contributed by atoms with E-state index < -0.39 is 0 Å². The van der Waals surface area contributed by atoms with Gasteiger partial charge < -0.3 is 13.7 Å². The Morgan fingerprint density at radius 1 is 0.312 bits per heavy atom. The highest BCUT2D eigenvalue weighted by molar-refractivity contribution is 5.96. The summed E-state index contributed by atoms with van der Waals surface area (Å²) in [4.78, 5) is 0. The normalized spacial score (nSPS) is 13.4. The first kappa shape index (κ1) is 46.4. The number of hydrogen-bond donors (Lipinski definition) is 0. The van der Waals surface area contributed by atoms with Gasteiger partial charge in [0.2, 0.25) is 0 Å². The van der Waals surface area contributed by atoms with Crippen LogP contribution >= 0.6 is 0 Å². The van der Waals surface area contributed by atoms with Crippen molar-refractivity contribution in [3.63, 3.8) is 0 Å². The molecule has 3 heterocycles. The summed E-state index contributed by atoms with van der Waals surface area (Å²) in [6, 6.07) is 80.2. The van der Waals surface area contributed by atoms with E-state index in [0.717, 1.165) is 44.9 Å². The van der Waals surface area contributed by atoms with E-state index in [2.05, 4.69) is 275 Å². The molecule has 3 aliphatic carbocycles. The van der Waals surface area contributed by atoms with Crippen molar-refractivity contribution in [3.05, 3.63) is 287 Å². The molecular formula is C74H59N3. The van der Waals surface area contributed by atoms with Crippen LogP contribution in [0.4, 0.5) is 0 Å². The lowest BCUT2D eigenvalue weighted by molar-refractivity contribution is 0.966. The van der Waals surface area contributed by atoms with Gasteiger partial charge in [0, 0.05) is 50.3 Å². The maximum Gasteiger partial charge on any atom is 0.0543 e. The summed E-state index contributed by atoms with van der Waals surface area (Å²) in [5.41, 5.74) is 27.3. The van der Waals surface area contributed by atoms with Gasteiger partial charge in [-0.25, -0.2) is 0 Å². The van der Waals surface area contributed by atoms with E-state index >= 15 is 0 Å². The monoisotopic (exact) mass is 989 g/mol. The molecule has 0 fully saturated rings. The maximum absolute atomic E-state index is 2.46. The van der Waals surface area contributed by atoms with Crippen LogP contribution in [0.5, 0.6) is 0 Å². The number of aromatic nitrogens is 3. The summed E-state index contributed by atoms with van der Waals surface area (Å²) in [5.74, 6) is 0. The van der Waals surface area contributed by atoms with Crippen LogP contribution in [0.25, 0.3) is 101 Å². The van der Waals surface area contributed by atoms with Gasteiger partial charge in [0.25, 0.3) is 0 Å². The van der Waals surface area contributed by atoms with Gasteiger partial charge in [0.05, 0.1) is 16.6 Å². The van der Waals surface area contributed by atoms with E-state index in [4.69, 9.17) is 0 Å². The van der Waals surface area contributed by atoms with Crippen molar-refractivity contribution in [1.82, 2.24) is 13.7 Å². The predicted octanol–water partition coefficient (Wildman–Crippen LogP) is 19.0. The zero-order chi connectivity index (χ0) is 51.2. The van der Waals surface area contributed by atoms with Gasteiger partial charge >= 0.3 is 0 Å². The molecular weight excluding hydrogens is 931 g/mol. The molecule has 0 amide bonds. The van der Waals surface area contributed by atoms with Crippen molar-refractivity contribution in [1.29, 1.82) is 0 Å². The Hall–Kier alpha value is -9.18. The Balaban J connectivity index is 0.000000174. The van der Waals surface area contributed by atoms with Crippen molar-refractivity contribution in [2.75, 3.05) is 0 Å². The molecule has 0 saturated carbocycles. The van der Waals surface area contributed by atoms with Gasteiger partial charge in [-0.1, -0.05) is 188 Å². The Labute approximate surface area is 451 Å². The lowest BCUT2D eigenvalue weighted by atomic mass is 9.99. The smallest absolute Gasteiger partial charge is 0.0543 e. The van der Waals surface area contributed by atoms with E-state index in [-0.39, 0.29) is 0 Å². The molecule has 0 N–H and O–H groups in total. The zero-order valence-electron chi connectivity index (χ0n) is 43.5. The summed E-state index contributed by atoms with van der Waals surface area (Å²) in [5, 5.41) is 4.10. The second-order valence-corrected chi connectivity index (χ2v) is 21.1. The van der Waals surface area contributed by atoms with Gasteiger partial charge in [0.15, 0.2) is 0 Å². The zero-order valence-corrected chi connectivity index (χ0v) is 43.5. The van der Waals surface area contributed by atoms with Crippen LogP contribution in [0.2, 0.25) is 0 Å². The number of allylic oxidation sites excluding steroid dienone is 3. The summed E-state index contributed by atoms with van der Waals surface area (Å²) < 4.78 is 7.35. The molecule has 77 heavy (non-hydrogen) atoms. The predicted molar refractivity (Wildman–Crippen MR) is 326 cm³/mol. The maximum atomic E-state index is 2.46. The molecule has 3 aromatic heterocycles. The Bertz CT molecular complexity index is 4050. The third-order valence-electron chi connectivity index (χ3n) is 16.3. The fraction of sp³-hybridized carbons (Fsp3) is 0.108. The third kappa shape index (κ3) is 8.59. The Kier molecular flexibility index (Phi) is 11.9. The number of rotatable bonds is 8. The summed E-state index contributed by atoms with van der Waals surface area (Å²) in [6.07, 6.45) is 21.4. The molecule has 15 rings (SSSR count). The minimum atomic E-state index is 0.895. The molecule has 0 unspecified atom stereocenters. The molecule has 370 valence electrons. The first-order chi connectivity index (χ1) is 38.1. The largest absolute Gasteiger partial charge is 0.310 e. The minimum Gasteiger partial charge on any atom is -0.310 e. The highest BCUT2D eigenvalue weighted by Gasteiger charge is 2.22. The molecule has 0 bridgehead atoms. The van der Waals surface area contributed by atoms with Crippen LogP contribution in [0, 0.1) is 6.92 Å². The van der Waals surface area contributed by atoms with Crippen molar-refractivity contribution in [2.45, 2.75) is 51.9 Å². The number of fused-ring (bicyclic) bond motifs is 9. The molecule has 12 aromatic rings. The van der Waals surface area contributed by atoms with Crippen LogP contribution in [-0.4, -0.2) is 13.7 Å². The average Bonchev–Trinajstić information content (AvgIpc) is 4.28. The molecule has 0 saturated heterocycles. The first-order valence-electron chi connectivity index (χ1n) is 27.5. The molecule has 3 aliphatic rings. The van der Waals surface area contributed by atoms with Gasteiger partial charge in [0.1, 0.15) is 0 Å². The molecule has 0 aliphatic heterocycles. The SMILES string of the molecule is C1=Cc2c(c3ccc(-c4ccccc4)cc3n2-c2ccc(Cc3ccc(-n4c5c(c6ccc(-c7ccccc7)cc64)CCC=C5)cc3)cc2)CC1.Cc1ccc(-n2c3c(c4ccc(-c5ccccc5)cc42)CCC=C3)cc1. The van der Waals surface area contributed by atoms with Gasteiger partial charge in [-0.3, -0.25) is 0 Å². The second-order valence-electron chi connectivity index (χ2n) is 21.1. The molecule has 3 nitrogen and oxygen atoms in total. The molecule has 9 aromatic carbocycles. The standard InChI is InChI=1S/C49H38N2.C25H21N/c1-3-11-36(12-4-1)38-23-29-44-42-15-7-9-17-46(42)50(48(44)32-38)40-25-19-34(20-26-40)31-35-21-27-41(28-22-35)51-47-18-10-8-16-43(47)45-30-24-39(33-49(45)51)37-13-5-2-6-14-37;1-18-11-14-21(15-12-18)26-24-10-6-5-9-22(24)23-16-13-20(17-25(23)26)19-7-3-2-4-8-19/h1-6,9-14,17-30,32-33H,7-8,15-16,31H2;2-4,6-8,10-17H,5,9H2,1H3. The third-order valence-corrected chi connectivity index (χ3v) is 16.3. The summed E-state index contributed by atoms with van der Waals surface area (Å²) >= 11 is 0. The molecule has 0 spiro atoms. The van der Waals surface area contributed by atoms with Crippen molar-refractivity contribution in [2.24, 2.45) is 0 Å². The topological polar surface area (TPSA) is 14.8 Å². The number of nitrogens with zero attached hydrogens (tertiary/aromatic N) is 3. The van der Waals surface area contributed by atoms with E-state index in [1.165, 1.54) is 134 Å². The lowest BCUT2D eigenvalue weighted by Gasteiger charge is -2.14. The number of hydrogen-bond acceptors (Lipinski definition) is 0. The highest BCUT2D eigenvalue weighted by atomic mass is 15.0. The lowest BCUT2D eigenvalue weighted by Crippen LogP contribution is -2.01. The second kappa shape index (κ2) is 19.8. The number of aryl methyl sites for hydroxylation is 4. The quantitative estimate of drug-likeness (QED) is 0.144. The fourth-order valence-corrected chi connectivity index (χ4v) is 12.4. The van der Waals surface area contributed by atoms with E-state index in [0.29, 0.717) is 0 Å². The number of benzene rings is 9. The van der Waals surface area contributed by atoms with E-state index in [9.17, 15) is 0 Å². The molecule has 0 atom stereocenters.